The standard InChI is InChI=1S/C25H21BrN4/c1-17-8-10-19(11-9-17)18(2)29-30-24-16-23(20-6-4-3-5-7-20)27-25(28-24)21-12-14-22(26)15-13-21/h3-16H,1-2H3,(H,27,28,30)/b29-18+. The fraction of sp³-hybridized carbons (Fsp3) is 0.0800. The van der Waals surface area contributed by atoms with Gasteiger partial charge in [0.1, 0.15) is 0 Å². The van der Waals surface area contributed by atoms with E-state index in [4.69, 9.17) is 9.97 Å². The van der Waals surface area contributed by atoms with Crippen LogP contribution in [0.15, 0.2) is 94.5 Å². The molecule has 4 aromatic rings. The van der Waals surface area contributed by atoms with Crippen LogP contribution in [-0.2, 0) is 0 Å². The molecule has 0 bridgehead atoms. The van der Waals surface area contributed by atoms with Gasteiger partial charge in [0, 0.05) is 21.7 Å². The highest BCUT2D eigenvalue weighted by Crippen LogP contribution is 2.25. The number of nitrogens with one attached hydrogen (secondary N) is 1. The van der Waals surface area contributed by atoms with E-state index < -0.39 is 0 Å². The summed E-state index contributed by atoms with van der Waals surface area (Å²) in [4.78, 5) is 9.48. The number of aromatic nitrogens is 2. The zero-order valence-electron chi connectivity index (χ0n) is 16.8. The van der Waals surface area contributed by atoms with E-state index in [1.807, 2.05) is 67.6 Å². The van der Waals surface area contributed by atoms with Gasteiger partial charge < -0.3 is 0 Å². The fourth-order valence-corrected chi connectivity index (χ4v) is 3.25. The van der Waals surface area contributed by atoms with Crippen molar-refractivity contribution in [2.24, 2.45) is 5.10 Å². The average Bonchev–Trinajstić information content (AvgIpc) is 2.79. The van der Waals surface area contributed by atoms with E-state index in [1.165, 1.54) is 5.56 Å². The van der Waals surface area contributed by atoms with Crippen molar-refractivity contribution in [2.45, 2.75) is 13.8 Å². The molecule has 148 valence electrons. The summed E-state index contributed by atoms with van der Waals surface area (Å²) < 4.78 is 1.02. The minimum absolute atomic E-state index is 0.647. The summed E-state index contributed by atoms with van der Waals surface area (Å²) in [5.41, 5.74) is 9.11. The van der Waals surface area contributed by atoms with E-state index in [9.17, 15) is 0 Å². The molecule has 1 heterocycles. The van der Waals surface area contributed by atoms with Crippen molar-refractivity contribution in [2.75, 3.05) is 5.43 Å². The Morgan fingerprint density at radius 3 is 2.23 bits per heavy atom. The van der Waals surface area contributed by atoms with Gasteiger partial charge in [0.05, 0.1) is 11.4 Å². The van der Waals surface area contributed by atoms with E-state index >= 15 is 0 Å². The van der Waals surface area contributed by atoms with Crippen molar-refractivity contribution in [1.82, 2.24) is 9.97 Å². The van der Waals surface area contributed by atoms with Crippen LogP contribution in [0.5, 0.6) is 0 Å². The molecule has 4 rings (SSSR count). The number of nitrogens with zero attached hydrogens (tertiary/aromatic N) is 3. The molecule has 1 N–H and O–H groups in total. The lowest BCUT2D eigenvalue weighted by molar-refractivity contribution is 1.15. The summed E-state index contributed by atoms with van der Waals surface area (Å²) in [6.45, 7) is 4.05. The molecule has 0 saturated heterocycles. The Balaban J connectivity index is 1.71. The summed E-state index contributed by atoms with van der Waals surface area (Å²) in [6.07, 6.45) is 0. The second-order valence-electron chi connectivity index (χ2n) is 7.01. The van der Waals surface area contributed by atoms with E-state index in [2.05, 4.69) is 57.6 Å². The van der Waals surface area contributed by atoms with Crippen LogP contribution < -0.4 is 5.43 Å². The topological polar surface area (TPSA) is 50.2 Å². The van der Waals surface area contributed by atoms with Crippen molar-refractivity contribution in [1.29, 1.82) is 0 Å². The Kier molecular flexibility index (Phi) is 6.00. The highest BCUT2D eigenvalue weighted by atomic mass is 79.9. The van der Waals surface area contributed by atoms with Crippen LogP contribution in [0.3, 0.4) is 0 Å². The van der Waals surface area contributed by atoms with E-state index in [1.54, 1.807) is 0 Å². The zero-order valence-corrected chi connectivity index (χ0v) is 18.4. The molecule has 0 aliphatic rings. The molecule has 0 aliphatic carbocycles. The first-order valence-electron chi connectivity index (χ1n) is 9.66. The zero-order chi connectivity index (χ0) is 20.9. The predicted octanol–water partition coefficient (Wildman–Crippen LogP) is 6.72. The molecule has 1 aromatic heterocycles. The molecule has 4 nitrogen and oxygen atoms in total. The molecular formula is C25H21BrN4. The van der Waals surface area contributed by atoms with Crippen molar-refractivity contribution in [3.63, 3.8) is 0 Å². The molecule has 0 aliphatic heterocycles. The maximum absolute atomic E-state index is 4.78. The van der Waals surface area contributed by atoms with Gasteiger partial charge in [0.15, 0.2) is 11.6 Å². The van der Waals surface area contributed by atoms with Gasteiger partial charge in [-0.15, -0.1) is 0 Å². The Bertz CT molecular complexity index is 1170. The normalized spacial score (nSPS) is 11.4. The number of hydrogen-bond acceptors (Lipinski definition) is 4. The van der Waals surface area contributed by atoms with Crippen molar-refractivity contribution < 1.29 is 0 Å². The lowest BCUT2D eigenvalue weighted by Gasteiger charge is -2.09. The van der Waals surface area contributed by atoms with Crippen LogP contribution in [0.4, 0.5) is 5.82 Å². The number of anilines is 1. The van der Waals surface area contributed by atoms with Crippen LogP contribution in [0.2, 0.25) is 0 Å². The fourth-order valence-electron chi connectivity index (χ4n) is 2.99. The minimum atomic E-state index is 0.647. The van der Waals surface area contributed by atoms with E-state index in [0.29, 0.717) is 11.6 Å². The Hall–Kier alpha value is -3.31. The first-order chi connectivity index (χ1) is 14.6. The van der Waals surface area contributed by atoms with Gasteiger partial charge in [-0.2, -0.15) is 5.10 Å². The molecule has 0 unspecified atom stereocenters. The lowest BCUT2D eigenvalue weighted by Crippen LogP contribution is -2.03. The molecule has 0 saturated carbocycles. The summed E-state index contributed by atoms with van der Waals surface area (Å²) in [5.74, 6) is 1.29. The first kappa shape index (κ1) is 20.0. The maximum Gasteiger partial charge on any atom is 0.162 e. The Morgan fingerprint density at radius 2 is 1.53 bits per heavy atom. The third-order valence-electron chi connectivity index (χ3n) is 4.71. The number of halogens is 1. The highest BCUT2D eigenvalue weighted by Gasteiger charge is 2.09. The third-order valence-corrected chi connectivity index (χ3v) is 5.23. The summed E-state index contributed by atoms with van der Waals surface area (Å²) in [7, 11) is 0. The van der Waals surface area contributed by atoms with Crippen LogP contribution in [0.1, 0.15) is 18.1 Å². The molecule has 5 heteroatoms. The molecule has 0 amide bonds. The van der Waals surface area contributed by atoms with Gasteiger partial charge in [0.25, 0.3) is 0 Å². The molecular weight excluding hydrogens is 436 g/mol. The maximum atomic E-state index is 4.78. The second-order valence-corrected chi connectivity index (χ2v) is 7.93. The Morgan fingerprint density at radius 1 is 0.833 bits per heavy atom. The van der Waals surface area contributed by atoms with Crippen LogP contribution >= 0.6 is 15.9 Å². The molecule has 0 fully saturated rings. The van der Waals surface area contributed by atoms with Gasteiger partial charge in [-0.1, -0.05) is 88.2 Å². The van der Waals surface area contributed by atoms with E-state index in [-0.39, 0.29) is 0 Å². The summed E-state index contributed by atoms with van der Waals surface area (Å²) >= 11 is 3.48. The van der Waals surface area contributed by atoms with Gasteiger partial charge in [-0.25, -0.2) is 9.97 Å². The van der Waals surface area contributed by atoms with Crippen LogP contribution in [0, 0.1) is 6.92 Å². The highest BCUT2D eigenvalue weighted by molar-refractivity contribution is 9.10. The third kappa shape index (κ3) is 4.81. The number of aryl methyl sites for hydroxylation is 1. The van der Waals surface area contributed by atoms with Gasteiger partial charge in [0.2, 0.25) is 0 Å². The Labute approximate surface area is 184 Å². The van der Waals surface area contributed by atoms with Crippen molar-refractivity contribution in [3.05, 3.63) is 101 Å². The number of benzene rings is 3. The summed E-state index contributed by atoms with van der Waals surface area (Å²) in [6, 6.07) is 28.3. The van der Waals surface area contributed by atoms with Crippen LogP contribution in [-0.4, -0.2) is 15.7 Å². The summed E-state index contributed by atoms with van der Waals surface area (Å²) in [5, 5.41) is 4.55. The molecule has 0 atom stereocenters. The SMILES string of the molecule is C/C(=N\Nc1cc(-c2ccccc2)nc(-c2ccc(Br)cc2)n1)c1ccc(C)cc1. The second kappa shape index (κ2) is 9.01. The minimum Gasteiger partial charge on any atom is -0.261 e. The van der Waals surface area contributed by atoms with Gasteiger partial charge >= 0.3 is 0 Å². The van der Waals surface area contributed by atoms with Crippen molar-refractivity contribution in [3.8, 4) is 22.6 Å². The molecule has 3 aromatic carbocycles. The monoisotopic (exact) mass is 456 g/mol. The lowest BCUT2D eigenvalue weighted by atomic mass is 10.1. The smallest absolute Gasteiger partial charge is 0.162 e. The number of rotatable bonds is 5. The van der Waals surface area contributed by atoms with Gasteiger partial charge in [-0.3, -0.25) is 5.43 Å². The van der Waals surface area contributed by atoms with Gasteiger partial charge in [-0.05, 0) is 31.5 Å². The number of hydrazone groups is 1. The number of hydrogen-bond donors (Lipinski definition) is 1. The molecule has 30 heavy (non-hydrogen) atoms. The first-order valence-corrected chi connectivity index (χ1v) is 10.5. The van der Waals surface area contributed by atoms with Crippen molar-refractivity contribution >= 4 is 27.5 Å². The quantitative estimate of drug-likeness (QED) is 0.267. The average molecular weight is 457 g/mol. The predicted molar refractivity (Wildman–Crippen MR) is 128 cm³/mol. The van der Waals surface area contributed by atoms with E-state index in [0.717, 1.165) is 32.6 Å². The molecule has 0 radical (unpaired) electrons. The van der Waals surface area contributed by atoms with Crippen LogP contribution in [0.25, 0.3) is 22.6 Å². The molecule has 0 spiro atoms. The largest absolute Gasteiger partial charge is 0.261 e.